The minimum Gasteiger partial charge on any atom is -0.462 e. The molecule has 408 valence electrons. The predicted molar refractivity (Wildman–Crippen MR) is 307 cm³/mol. The summed E-state index contributed by atoms with van der Waals surface area (Å²) in [5.41, 5.74) is 0. The van der Waals surface area contributed by atoms with Crippen molar-refractivity contribution < 1.29 is 28.6 Å². The third-order valence-corrected chi connectivity index (χ3v) is 12.9. The first-order valence-electron chi connectivity index (χ1n) is 30.1. The Kier molecular flexibility index (Phi) is 56.3. The lowest BCUT2D eigenvalue weighted by atomic mass is 10.0. The second-order valence-electron chi connectivity index (χ2n) is 19.9. The monoisotopic (exact) mass is 989 g/mol. The second kappa shape index (κ2) is 59.2. The van der Waals surface area contributed by atoms with Gasteiger partial charge in [-0.1, -0.05) is 260 Å². The van der Waals surface area contributed by atoms with Gasteiger partial charge in [0.15, 0.2) is 6.10 Å². The molecule has 0 radical (unpaired) electrons. The van der Waals surface area contributed by atoms with E-state index in [0.717, 1.165) is 109 Å². The summed E-state index contributed by atoms with van der Waals surface area (Å²) in [5.74, 6) is -0.950. The van der Waals surface area contributed by atoms with E-state index in [2.05, 4.69) is 106 Å². The number of rotatable bonds is 54. The summed E-state index contributed by atoms with van der Waals surface area (Å²) in [4.78, 5) is 38.2. The third kappa shape index (κ3) is 57.4. The van der Waals surface area contributed by atoms with Crippen molar-refractivity contribution in [3.05, 3.63) is 85.1 Å². The number of ether oxygens (including phenoxy) is 3. The van der Waals surface area contributed by atoms with Crippen LogP contribution in [0.1, 0.15) is 290 Å². The Balaban J connectivity index is 4.42. The SMILES string of the molecule is CC/C=C\C/C=C\C/C=C\C/C=C\CCCCCCC(=O)OC[C@H](COC(=O)CCCC/C=C\C/C=C\C/C=C\CCCCC)OC(=O)CCCCCCCCCCCCCCCCCCCCCCC. The Morgan fingerprint density at radius 3 is 0.915 bits per heavy atom. The van der Waals surface area contributed by atoms with Crippen LogP contribution < -0.4 is 0 Å². The van der Waals surface area contributed by atoms with Crippen molar-refractivity contribution in [3.63, 3.8) is 0 Å². The maximum atomic E-state index is 12.9. The van der Waals surface area contributed by atoms with E-state index < -0.39 is 6.10 Å². The normalized spacial score (nSPS) is 12.7. The van der Waals surface area contributed by atoms with Gasteiger partial charge in [-0.2, -0.15) is 0 Å². The maximum absolute atomic E-state index is 12.9. The van der Waals surface area contributed by atoms with Crippen LogP contribution in [-0.2, 0) is 28.6 Å². The molecule has 0 N–H and O–H groups in total. The lowest BCUT2D eigenvalue weighted by Gasteiger charge is -2.18. The molecule has 0 spiro atoms. The molecule has 0 saturated heterocycles. The van der Waals surface area contributed by atoms with E-state index in [9.17, 15) is 14.4 Å². The van der Waals surface area contributed by atoms with Crippen LogP contribution in [0.5, 0.6) is 0 Å². The molecule has 0 saturated carbocycles. The minimum absolute atomic E-state index is 0.0997. The van der Waals surface area contributed by atoms with E-state index in [-0.39, 0.29) is 31.1 Å². The molecule has 0 unspecified atom stereocenters. The molecule has 0 aromatic heterocycles. The van der Waals surface area contributed by atoms with E-state index in [0.29, 0.717) is 19.3 Å². The topological polar surface area (TPSA) is 78.9 Å². The number of allylic oxidation sites excluding steroid dienone is 14. The van der Waals surface area contributed by atoms with Gasteiger partial charge in [-0.15, -0.1) is 0 Å². The molecule has 1 atom stereocenters. The first-order chi connectivity index (χ1) is 35.0. The summed E-state index contributed by atoms with van der Waals surface area (Å²) in [6.07, 6.45) is 77.3. The van der Waals surface area contributed by atoms with Gasteiger partial charge in [-0.25, -0.2) is 0 Å². The van der Waals surface area contributed by atoms with Gasteiger partial charge < -0.3 is 14.2 Å². The van der Waals surface area contributed by atoms with Crippen molar-refractivity contribution in [3.8, 4) is 0 Å². The number of carbonyl (C=O) groups is 3. The average molecular weight is 990 g/mol. The van der Waals surface area contributed by atoms with Gasteiger partial charge in [-0.05, 0) is 96.3 Å². The molecule has 0 rings (SSSR count). The predicted octanol–water partition coefficient (Wildman–Crippen LogP) is 20.3. The van der Waals surface area contributed by atoms with Crippen LogP contribution in [0.25, 0.3) is 0 Å². The molecular weight excluding hydrogens is 877 g/mol. The minimum atomic E-state index is -0.802. The summed E-state index contributed by atoms with van der Waals surface area (Å²) in [5, 5.41) is 0. The summed E-state index contributed by atoms with van der Waals surface area (Å²) < 4.78 is 16.8. The maximum Gasteiger partial charge on any atom is 0.306 e. The zero-order valence-electron chi connectivity index (χ0n) is 46.7. The summed E-state index contributed by atoms with van der Waals surface area (Å²) in [6.45, 7) is 6.47. The van der Waals surface area contributed by atoms with Gasteiger partial charge in [0.2, 0.25) is 0 Å². The highest BCUT2D eigenvalue weighted by molar-refractivity contribution is 5.71. The molecule has 6 nitrogen and oxygen atoms in total. The average Bonchev–Trinajstić information content (AvgIpc) is 3.37. The van der Waals surface area contributed by atoms with Crippen LogP contribution in [0.15, 0.2) is 85.1 Å². The summed E-state index contributed by atoms with van der Waals surface area (Å²) in [7, 11) is 0. The van der Waals surface area contributed by atoms with E-state index in [1.165, 1.54) is 141 Å². The fourth-order valence-electron chi connectivity index (χ4n) is 8.38. The van der Waals surface area contributed by atoms with Gasteiger partial charge >= 0.3 is 17.9 Å². The molecular formula is C65H112O6. The third-order valence-electron chi connectivity index (χ3n) is 12.9. The second-order valence-corrected chi connectivity index (χ2v) is 19.9. The lowest BCUT2D eigenvalue weighted by Crippen LogP contribution is -2.30. The smallest absolute Gasteiger partial charge is 0.306 e. The molecule has 0 aliphatic rings. The molecule has 0 bridgehead atoms. The Labute approximate surface area is 439 Å². The van der Waals surface area contributed by atoms with Crippen molar-refractivity contribution in [1.29, 1.82) is 0 Å². The van der Waals surface area contributed by atoms with Crippen LogP contribution in [0, 0.1) is 0 Å². The highest BCUT2D eigenvalue weighted by atomic mass is 16.6. The van der Waals surface area contributed by atoms with Crippen molar-refractivity contribution in [2.45, 2.75) is 297 Å². The number of hydrogen-bond donors (Lipinski definition) is 0. The standard InChI is InChI=1S/C65H112O6/c1-4-7-10-13-16-19-22-25-28-30-31-32-33-35-38-41-44-47-50-53-56-59-65(68)71-62(60-69-63(66)57-54-51-48-45-42-39-36-27-24-21-18-15-12-9-6-3)61-70-64(67)58-55-52-49-46-43-40-37-34-29-26-23-20-17-14-11-8-5-2/h8,11,17-18,20-21,26-27,29,36-37,40,42,45,62H,4-7,9-10,12-16,19,22-25,28,30-35,38-39,41,43-44,46-61H2,1-3H3/b11-8-,20-17-,21-18-,29-26-,36-27-,40-37-,45-42-/t62-/m0/s1. The highest BCUT2D eigenvalue weighted by Crippen LogP contribution is 2.16. The molecule has 71 heavy (non-hydrogen) atoms. The highest BCUT2D eigenvalue weighted by Gasteiger charge is 2.19. The molecule has 6 heteroatoms. The van der Waals surface area contributed by atoms with E-state index in [1.807, 2.05) is 0 Å². The molecule has 0 aromatic rings. The van der Waals surface area contributed by atoms with Crippen LogP contribution >= 0.6 is 0 Å². The molecule has 0 aliphatic carbocycles. The van der Waals surface area contributed by atoms with Gasteiger partial charge in [0.05, 0.1) is 0 Å². The fraction of sp³-hybridized carbons (Fsp3) is 0.738. The molecule has 0 heterocycles. The number of carbonyl (C=O) groups excluding carboxylic acids is 3. The summed E-state index contributed by atoms with van der Waals surface area (Å²) in [6, 6.07) is 0. The van der Waals surface area contributed by atoms with Crippen LogP contribution in [0.2, 0.25) is 0 Å². The number of unbranched alkanes of at least 4 members (excludes halogenated alkanes) is 29. The van der Waals surface area contributed by atoms with Crippen molar-refractivity contribution in [2.75, 3.05) is 13.2 Å². The Morgan fingerprint density at radius 1 is 0.296 bits per heavy atom. The Bertz CT molecular complexity index is 1370. The van der Waals surface area contributed by atoms with Crippen LogP contribution in [0.3, 0.4) is 0 Å². The van der Waals surface area contributed by atoms with Crippen LogP contribution in [-0.4, -0.2) is 37.2 Å². The number of esters is 3. The van der Waals surface area contributed by atoms with E-state index in [4.69, 9.17) is 14.2 Å². The van der Waals surface area contributed by atoms with Gasteiger partial charge in [-0.3, -0.25) is 14.4 Å². The lowest BCUT2D eigenvalue weighted by molar-refractivity contribution is -0.167. The first-order valence-corrected chi connectivity index (χ1v) is 30.1. The molecule has 0 amide bonds. The van der Waals surface area contributed by atoms with Gasteiger partial charge in [0, 0.05) is 19.3 Å². The Morgan fingerprint density at radius 2 is 0.549 bits per heavy atom. The molecule has 0 aromatic carbocycles. The fourth-order valence-corrected chi connectivity index (χ4v) is 8.38. The zero-order chi connectivity index (χ0) is 51.4. The molecule has 0 fully saturated rings. The number of hydrogen-bond acceptors (Lipinski definition) is 6. The van der Waals surface area contributed by atoms with Gasteiger partial charge in [0.1, 0.15) is 13.2 Å². The quantitative estimate of drug-likeness (QED) is 0.0261. The molecule has 0 aliphatic heterocycles. The van der Waals surface area contributed by atoms with E-state index >= 15 is 0 Å². The first kappa shape index (κ1) is 67.6. The largest absolute Gasteiger partial charge is 0.462 e. The Hall–Kier alpha value is -3.41. The zero-order valence-corrected chi connectivity index (χ0v) is 46.7. The van der Waals surface area contributed by atoms with Crippen molar-refractivity contribution in [2.24, 2.45) is 0 Å². The van der Waals surface area contributed by atoms with Crippen molar-refractivity contribution >= 4 is 17.9 Å². The van der Waals surface area contributed by atoms with Crippen LogP contribution in [0.4, 0.5) is 0 Å². The van der Waals surface area contributed by atoms with E-state index in [1.54, 1.807) is 0 Å². The van der Waals surface area contributed by atoms with Gasteiger partial charge in [0.25, 0.3) is 0 Å². The summed E-state index contributed by atoms with van der Waals surface area (Å²) >= 11 is 0. The van der Waals surface area contributed by atoms with Crippen molar-refractivity contribution in [1.82, 2.24) is 0 Å².